The molecule has 2 fully saturated rings. The fourth-order valence-electron chi connectivity index (χ4n) is 5.64. The maximum atomic E-state index is 11.7. The predicted molar refractivity (Wildman–Crippen MR) is 81.1 cm³/mol. The van der Waals surface area contributed by atoms with Gasteiger partial charge in [-0.25, -0.2) is 0 Å². The lowest BCUT2D eigenvalue weighted by Gasteiger charge is -2.53. The summed E-state index contributed by atoms with van der Waals surface area (Å²) in [5.41, 5.74) is 1.92. The highest BCUT2D eigenvalue weighted by Gasteiger charge is 2.54. The Bertz CT molecular complexity index is 552. The second kappa shape index (κ2) is 3.96. The molecule has 0 bridgehead atoms. The van der Waals surface area contributed by atoms with E-state index in [2.05, 4.69) is 32.1 Å². The Hall–Kier alpha value is -1.11. The van der Waals surface area contributed by atoms with Crippen molar-refractivity contribution < 1.29 is 4.79 Å². The van der Waals surface area contributed by atoms with Crippen LogP contribution in [0.3, 0.4) is 0 Å². The molecule has 2 saturated carbocycles. The Morgan fingerprint density at radius 2 is 1.95 bits per heavy atom. The summed E-state index contributed by atoms with van der Waals surface area (Å²) in [5, 5.41) is 0. The summed E-state index contributed by atoms with van der Waals surface area (Å²) in [6.07, 6.45) is 17.5. The van der Waals surface area contributed by atoms with Gasteiger partial charge in [0.15, 0.2) is 5.78 Å². The summed E-state index contributed by atoms with van der Waals surface area (Å²) in [5.74, 6) is 2.43. The SMILES string of the molecule is C[C@@]12CCC[C@H]1[C@@H]1C=CC3=CC(=O)C=C[C@@]3(C)[C@H]1CC2. The standard InChI is InChI=1S/C19H24O/c1-18-9-3-4-16(18)15-6-5-13-12-14(20)7-11-19(13,2)17(15)8-10-18/h5-7,11-12,15-17H,3-4,8-10H2,1-2H3/t15-,16-,17-,18-,19+/m0/s1. The third-order valence-electron chi connectivity index (χ3n) is 6.90. The van der Waals surface area contributed by atoms with E-state index in [9.17, 15) is 4.79 Å². The van der Waals surface area contributed by atoms with Gasteiger partial charge >= 0.3 is 0 Å². The number of carbonyl (C=O) groups is 1. The zero-order chi connectivity index (χ0) is 14.0. The third kappa shape index (κ3) is 1.52. The monoisotopic (exact) mass is 268 g/mol. The van der Waals surface area contributed by atoms with Crippen LogP contribution in [0, 0.1) is 28.6 Å². The lowest BCUT2D eigenvalue weighted by molar-refractivity contribution is -0.110. The van der Waals surface area contributed by atoms with Crippen molar-refractivity contribution in [2.45, 2.75) is 46.0 Å². The van der Waals surface area contributed by atoms with Crippen molar-refractivity contribution in [3.63, 3.8) is 0 Å². The molecule has 0 saturated heterocycles. The van der Waals surface area contributed by atoms with E-state index >= 15 is 0 Å². The van der Waals surface area contributed by atoms with Gasteiger partial charge in [0.25, 0.3) is 0 Å². The predicted octanol–water partition coefficient (Wildman–Crippen LogP) is 4.46. The molecule has 1 heteroatoms. The summed E-state index contributed by atoms with van der Waals surface area (Å²) in [6, 6.07) is 0. The molecule has 0 aliphatic heterocycles. The van der Waals surface area contributed by atoms with Gasteiger partial charge in [0.1, 0.15) is 0 Å². The first-order valence-electron chi connectivity index (χ1n) is 8.17. The van der Waals surface area contributed by atoms with Gasteiger partial charge < -0.3 is 0 Å². The third-order valence-corrected chi connectivity index (χ3v) is 6.90. The molecule has 0 amide bonds. The summed E-state index contributed by atoms with van der Waals surface area (Å²) >= 11 is 0. The molecule has 4 rings (SSSR count). The van der Waals surface area contributed by atoms with E-state index < -0.39 is 0 Å². The van der Waals surface area contributed by atoms with Crippen molar-refractivity contribution in [3.8, 4) is 0 Å². The number of carbonyl (C=O) groups excluding carboxylic acids is 1. The van der Waals surface area contributed by atoms with Crippen LogP contribution in [0.5, 0.6) is 0 Å². The Morgan fingerprint density at radius 1 is 1.10 bits per heavy atom. The van der Waals surface area contributed by atoms with Gasteiger partial charge in [-0.1, -0.05) is 38.5 Å². The Morgan fingerprint density at radius 3 is 2.80 bits per heavy atom. The molecule has 0 N–H and O–H groups in total. The van der Waals surface area contributed by atoms with E-state index in [0.29, 0.717) is 11.3 Å². The minimum Gasteiger partial charge on any atom is -0.290 e. The molecule has 4 aliphatic carbocycles. The largest absolute Gasteiger partial charge is 0.290 e. The van der Waals surface area contributed by atoms with Gasteiger partial charge in [-0.3, -0.25) is 4.79 Å². The van der Waals surface area contributed by atoms with E-state index in [-0.39, 0.29) is 11.2 Å². The average molecular weight is 268 g/mol. The molecule has 4 aliphatic rings. The quantitative estimate of drug-likeness (QED) is 0.634. The smallest absolute Gasteiger partial charge is 0.178 e. The molecule has 0 heterocycles. The van der Waals surface area contributed by atoms with Gasteiger partial charge in [0, 0.05) is 5.41 Å². The highest BCUT2D eigenvalue weighted by Crippen LogP contribution is 2.62. The van der Waals surface area contributed by atoms with E-state index in [1.165, 1.54) is 37.7 Å². The molecule has 0 aromatic rings. The number of rotatable bonds is 0. The highest BCUT2D eigenvalue weighted by molar-refractivity contribution is 6.01. The topological polar surface area (TPSA) is 17.1 Å². The molecular formula is C19H24O. The van der Waals surface area contributed by atoms with Gasteiger partial charge in [-0.15, -0.1) is 0 Å². The first kappa shape index (κ1) is 12.6. The second-order valence-corrected chi connectivity index (χ2v) is 7.85. The number of hydrogen-bond acceptors (Lipinski definition) is 1. The normalized spacial score (nSPS) is 49.4. The fraction of sp³-hybridized carbons (Fsp3) is 0.632. The first-order valence-corrected chi connectivity index (χ1v) is 8.17. The lowest BCUT2D eigenvalue weighted by Crippen LogP contribution is -2.46. The molecule has 0 aromatic carbocycles. The molecule has 0 unspecified atom stereocenters. The van der Waals surface area contributed by atoms with Gasteiger partial charge in [0.2, 0.25) is 0 Å². The van der Waals surface area contributed by atoms with Crippen molar-refractivity contribution in [3.05, 3.63) is 36.0 Å². The van der Waals surface area contributed by atoms with E-state index in [1.54, 1.807) is 6.08 Å². The molecule has 0 spiro atoms. The van der Waals surface area contributed by atoms with Gasteiger partial charge in [-0.05, 0) is 66.6 Å². The fourth-order valence-corrected chi connectivity index (χ4v) is 5.64. The minimum atomic E-state index is 0.0945. The van der Waals surface area contributed by atoms with Crippen LogP contribution in [0.1, 0.15) is 46.0 Å². The summed E-state index contributed by atoms with van der Waals surface area (Å²) in [6.45, 7) is 4.86. The van der Waals surface area contributed by atoms with Crippen LogP contribution in [-0.2, 0) is 4.79 Å². The molecule has 0 radical (unpaired) electrons. The van der Waals surface area contributed by atoms with E-state index in [0.717, 1.165) is 11.8 Å². The maximum Gasteiger partial charge on any atom is 0.178 e. The van der Waals surface area contributed by atoms with E-state index in [4.69, 9.17) is 0 Å². The molecule has 20 heavy (non-hydrogen) atoms. The molecular weight excluding hydrogens is 244 g/mol. The van der Waals surface area contributed by atoms with Crippen LogP contribution in [0.2, 0.25) is 0 Å². The number of allylic oxidation sites excluding steroid dienone is 6. The highest BCUT2D eigenvalue weighted by atomic mass is 16.1. The summed E-state index contributed by atoms with van der Waals surface area (Å²) < 4.78 is 0. The summed E-state index contributed by atoms with van der Waals surface area (Å²) in [4.78, 5) is 11.7. The molecule has 1 nitrogen and oxygen atoms in total. The summed E-state index contributed by atoms with van der Waals surface area (Å²) in [7, 11) is 0. The van der Waals surface area contributed by atoms with Gasteiger partial charge in [-0.2, -0.15) is 0 Å². The zero-order valence-electron chi connectivity index (χ0n) is 12.6. The molecule has 106 valence electrons. The van der Waals surface area contributed by atoms with Crippen LogP contribution >= 0.6 is 0 Å². The van der Waals surface area contributed by atoms with Crippen LogP contribution in [0.4, 0.5) is 0 Å². The van der Waals surface area contributed by atoms with Crippen LogP contribution in [0.25, 0.3) is 0 Å². The zero-order valence-corrected chi connectivity index (χ0v) is 12.6. The Balaban J connectivity index is 1.78. The Kier molecular flexibility index (Phi) is 2.50. The number of fused-ring (bicyclic) bond motifs is 5. The Labute approximate surface area is 121 Å². The number of hydrogen-bond donors (Lipinski definition) is 0. The molecule has 0 aromatic heterocycles. The van der Waals surface area contributed by atoms with Gasteiger partial charge in [0.05, 0.1) is 0 Å². The van der Waals surface area contributed by atoms with Crippen LogP contribution in [0.15, 0.2) is 36.0 Å². The average Bonchev–Trinajstić information content (AvgIpc) is 2.81. The lowest BCUT2D eigenvalue weighted by atomic mass is 9.50. The minimum absolute atomic E-state index is 0.0945. The van der Waals surface area contributed by atoms with Crippen molar-refractivity contribution in [2.75, 3.05) is 0 Å². The first-order chi connectivity index (χ1) is 9.53. The second-order valence-electron chi connectivity index (χ2n) is 7.85. The van der Waals surface area contributed by atoms with Crippen molar-refractivity contribution in [1.29, 1.82) is 0 Å². The van der Waals surface area contributed by atoms with Crippen molar-refractivity contribution >= 4 is 5.78 Å². The molecule has 5 atom stereocenters. The maximum absolute atomic E-state index is 11.7. The van der Waals surface area contributed by atoms with Crippen molar-refractivity contribution in [1.82, 2.24) is 0 Å². The number of ketones is 1. The van der Waals surface area contributed by atoms with Crippen molar-refractivity contribution in [2.24, 2.45) is 28.6 Å². The van der Waals surface area contributed by atoms with Crippen LogP contribution < -0.4 is 0 Å². The van der Waals surface area contributed by atoms with E-state index in [1.807, 2.05) is 6.08 Å². The van der Waals surface area contributed by atoms with Crippen LogP contribution in [-0.4, -0.2) is 5.78 Å².